The Hall–Kier alpha value is -5.98. The van der Waals surface area contributed by atoms with Crippen LogP contribution in [0.4, 0.5) is 5.69 Å². The fourth-order valence-electron chi connectivity index (χ4n) is 5.86. The zero-order chi connectivity index (χ0) is 28.2. The highest BCUT2D eigenvalue weighted by atomic mass is 16.2. The van der Waals surface area contributed by atoms with Gasteiger partial charge in [-0.1, -0.05) is 66.7 Å². The number of aromatic nitrogens is 1. The number of rotatable bonds is 3. The van der Waals surface area contributed by atoms with Gasteiger partial charge in [0.05, 0.1) is 46.1 Å². The summed E-state index contributed by atoms with van der Waals surface area (Å²) >= 11 is 0. The number of imide groups is 1. The first kappa shape index (κ1) is 24.1. The van der Waals surface area contributed by atoms with Crippen LogP contribution in [0.3, 0.4) is 0 Å². The minimum atomic E-state index is -0.329. The Kier molecular flexibility index (Phi) is 5.32. The van der Waals surface area contributed by atoms with Crippen molar-refractivity contribution < 1.29 is 9.59 Å². The number of fused-ring (bicyclic) bond motifs is 4. The smallest absolute Gasteiger partial charge is 0.263 e. The van der Waals surface area contributed by atoms with Crippen molar-refractivity contribution in [2.45, 2.75) is 0 Å². The van der Waals surface area contributed by atoms with Gasteiger partial charge < -0.3 is 4.57 Å². The Bertz CT molecular complexity index is 2040. The summed E-state index contributed by atoms with van der Waals surface area (Å²) in [5, 5.41) is 11.3. The summed E-state index contributed by atoms with van der Waals surface area (Å²) in [5.74, 6) is -0.642. The summed E-state index contributed by atoms with van der Waals surface area (Å²) in [6, 6.07) is 34.8. The van der Waals surface area contributed by atoms with Crippen molar-refractivity contribution in [1.29, 1.82) is 5.26 Å². The maximum atomic E-state index is 13.3. The number of nitriles is 1. The van der Waals surface area contributed by atoms with Crippen LogP contribution in [0.5, 0.6) is 0 Å². The monoisotopic (exact) mass is 528 g/mol. The first-order chi connectivity index (χ1) is 20.0. The zero-order valence-electron chi connectivity index (χ0n) is 21.9. The number of hydrogen-bond donors (Lipinski definition) is 0. The van der Waals surface area contributed by atoms with Crippen LogP contribution in [0.1, 0.15) is 26.3 Å². The highest BCUT2D eigenvalue weighted by Gasteiger charge is 2.36. The number of hydrogen-bond acceptors (Lipinski definition) is 3. The van der Waals surface area contributed by atoms with Gasteiger partial charge in [-0.05, 0) is 58.7 Å². The molecule has 6 heteroatoms. The van der Waals surface area contributed by atoms with Crippen LogP contribution in [0, 0.1) is 17.9 Å². The summed E-state index contributed by atoms with van der Waals surface area (Å²) in [4.78, 5) is 30.9. The van der Waals surface area contributed by atoms with Crippen molar-refractivity contribution in [1.82, 2.24) is 9.47 Å². The lowest BCUT2D eigenvalue weighted by Crippen LogP contribution is -2.24. The molecule has 1 aliphatic rings. The molecule has 0 fully saturated rings. The van der Waals surface area contributed by atoms with E-state index in [0.29, 0.717) is 28.1 Å². The van der Waals surface area contributed by atoms with Crippen LogP contribution < -0.4 is 0 Å². The zero-order valence-corrected chi connectivity index (χ0v) is 21.9. The van der Waals surface area contributed by atoms with Gasteiger partial charge in [0.25, 0.3) is 11.8 Å². The van der Waals surface area contributed by atoms with E-state index in [1.165, 1.54) is 7.05 Å². The second kappa shape index (κ2) is 9.05. The summed E-state index contributed by atoms with van der Waals surface area (Å²) in [6.07, 6.45) is 0. The lowest BCUT2D eigenvalue weighted by molar-refractivity contribution is 0.0693. The molecule has 0 unspecified atom stereocenters. The van der Waals surface area contributed by atoms with E-state index < -0.39 is 0 Å². The van der Waals surface area contributed by atoms with Gasteiger partial charge in [-0.25, -0.2) is 4.85 Å². The number of amides is 2. The fourth-order valence-corrected chi connectivity index (χ4v) is 5.86. The predicted molar refractivity (Wildman–Crippen MR) is 159 cm³/mol. The van der Waals surface area contributed by atoms with Gasteiger partial charge in [-0.3, -0.25) is 14.5 Å². The molecule has 7 rings (SSSR count). The van der Waals surface area contributed by atoms with Crippen molar-refractivity contribution in [3.63, 3.8) is 0 Å². The Balaban J connectivity index is 1.63. The van der Waals surface area contributed by atoms with E-state index >= 15 is 0 Å². The second-order valence-electron chi connectivity index (χ2n) is 9.95. The van der Waals surface area contributed by atoms with Crippen LogP contribution in [-0.2, 0) is 0 Å². The van der Waals surface area contributed by atoms with Crippen molar-refractivity contribution in [2.75, 3.05) is 7.05 Å². The van der Waals surface area contributed by atoms with E-state index in [1.807, 2.05) is 84.9 Å². The second-order valence-corrected chi connectivity index (χ2v) is 9.95. The van der Waals surface area contributed by atoms with E-state index in [9.17, 15) is 14.9 Å². The molecule has 0 saturated heterocycles. The largest absolute Gasteiger partial charge is 0.308 e. The third-order valence-corrected chi connectivity index (χ3v) is 7.79. The van der Waals surface area contributed by atoms with E-state index in [4.69, 9.17) is 6.57 Å². The maximum absolute atomic E-state index is 13.3. The Morgan fingerprint density at radius 1 is 0.683 bits per heavy atom. The van der Waals surface area contributed by atoms with E-state index in [1.54, 1.807) is 6.07 Å². The molecule has 0 atom stereocenters. The Morgan fingerprint density at radius 2 is 1.22 bits per heavy atom. The molecule has 41 heavy (non-hydrogen) atoms. The van der Waals surface area contributed by atoms with Gasteiger partial charge >= 0.3 is 0 Å². The van der Waals surface area contributed by atoms with Crippen molar-refractivity contribution in [3.8, 4) is 34.0 Å². The summed E-state index contributed by atoms with van der Waals surface area (Å²) in [5.41, 5.74) is 8.20. The normalized spacial score (nSPS) is 12.5. The van der Waals surface area contributed by atoms with Crippen molar-refractivity contribution in [2.24, 2.45) is 0 Å². The molecule has 2 amide bonds. The molecule has 1 aromatic heterocycles. The van der Waals surface area contributed by atoms with Gasteiger partial charge in [0.15, 0.2) is 5.69 Å². The highest BCUT2D eigenvalue weighted by molar-refractivity contribution is 6.25. The van der Waals surface area contributed by atoms with Crippen LogP contribution in [-0.4, -0.2) is 28.3 Å². The molecule has 0 aliphatic carbocycles. The molecule has 0 spiro atoms. The molecule has 6 aromatic rings. The SMILES string of the molecule is [C-]#[N+]c1ccc(-c2cccc3c2c2c(-c4ccc(C#N)cc4)cccc2n3-c2cccc3c2C(=O)N(C)C3=O)cc1. The van der Waals surface area contributed by atoms with E-state index in [0.717, 1.165) is 49.0 Å². The number of carbonyl (C=O) groups is 2. The maximum Gasteiger partial charge on any atom is 0.263 e. The quantitative estimate of drug-likeness (QED) is 0.174. The molecule has 1 aliphatic heterocycles. The first-order valence-corrected chi connectivity index (χ1v) is 13.0. The molecule has 0 bridgehead atoms. The summed E-state index contributed by atoms with van der Waals surface area (Å²) in [6.45, 7) is 7.36. The minimum Gasteiger partial charge on any atom is -0.308 e. The number of benzene rings is 5. The Morgan fingerprint density at radius 3 is 1.78 bits per heavy atom. The van der Waals surface area contributed by atoms with Crippen LogP contribution >= 0.6 is 0 Å². The molecule has 0 saturated carbocycles. The number of carbonyl (C=O) groups excluding carboxylic acids is 2. The van der Waals surface area contributed by atoms with Gasteiger partial charge in [-0.15, -0.1) is 0 Å². The topological polar surface area (TPSA) is 70.5 Å². The Labute approximate surface area is 235 Å². The molecular formula is C35H20N4O2. The average Bonchev–Trinajstić information content (AvgIpc) is 3.48. The lowest BCUT2D eigenvalue weighted by atomic mass is 9.94. The van der Waals surface area contributed by atoms with E-state index in [-0.39, 0.29) is 11.8 Å². The molecular weight excluding hydrogens is 508 g/mol. The summed E-state index contributed by atoms with van der Waals surface area (Å²) < 4.78 is 2.07. The van der Waals surface area contributed by atoms with Gasteiger partial charge in [0.1, 0.15) is 0 Å². The summed E-state index contributed by atoms with van der Waals surface area (Å²) in [7, 11) is 1.51. The van der Waals surface area contributed by atoms with E-state index in [2.05, 4.69) is 27.6 Å². The molecule has 6 nitrogen and oxygen atoms in total. The third-order valence-electron chi connectivity index (χ3n) is 7.79. The lowest BCUT2D eigenvalue weighted by Gasteiger charge is -2.12. The van der Waals surface area contributed by atoms with Crippen LogP contribution in [0.25, 0.3) is 54.6 Å². The molecule has 192 valence electrons. The van der Waals surface area contributed by atoms with Crippen LogP contribution in [0.2, 0.25) is 0 Å². The highest BCUT2D eigenvalue weighted by Crippen LogP contribution is 2.44. The van der Waals surface area contributed by atoms with Crippen LogP contribution in [0.15, 0.2) is 103 Å². The standard InChI is InChI=1S/C35H20N4O2/c1-37-24-18-16-23(17-19-24)26-7-4-10-29-32(26)31-25(22-14-12-21(20-36)13-15-22)6-3-9-28(31)39(29)30-11-5-8-27-33(30)35(41)38(2)34(27)40/h3-19H,2H3. The molecule has 5 aromatic carbocycles. The predicted octanol–water partition coefficient (Wildman–Crippen LogP) is 7.77. The molecule has 0 N–H and O–H groups in total. The van der Waals surface area contributed by atoms with Crippen molar-refractivity contribution >= 4 is 39.3 Å². The van der Waals surface area contributed by atoms with Gasteiger partial charge in [0.2, 0.25) is 0 Å². The molecule has 2 heterocycles. The third kappa shape index (κ3) is 3.49. The minimum absolute atomic E-state index is 0.313. The first-order valence-electron chi connectivity index (χ1n) is 13.0. The fraction of sp³-hybridized carbons (Fsp3) is 0.0286. The number of nitrogens with zero attached hydrogens (tertiary/aromatic N) is 4. The average molecular weight is 529 g/mol. The molecule has 0 radical (unpaired) electrons. The van der Waals surface area contributed by atoms with Gasteiger partial charge in [0, 0.05) is 17.8 Å². The van der Waals surface area contributed by atoms with Gasteiger partial charge in [-0.2, -0.15) is 5.26 Å². The van der Waals surface area contributed by atoms with Crippen molar-refractivity contribution in [3.05, 3.63) is 131 Å².